The van der Waals surface area contributed by atoms with E-state index in [1.165, 1.54) is 17.7 Å². The fraction of sp³-hybridized carbons (Fsp3) is 0.545. The minimum atomic E-state index is 0.594. The molecule has 0 N–H and O–H groups in total. The van der Waals surface area contributed by atoms with Crippen LogP contribution in [0.3, 0.4) is 0 Å². The summed E-state index contributed by atoms with van der Waals surface area (Å²) in [5, 5.41) is 10.7. The summed E-state index contributed by atoms with van der Waals surface area (Å²) in [5.41, 5.74) is 0. The summed E-state index contributed by atoms with van der Waals surface area (Å²) in [4.78, 5) is 3.76. The molecule has 1 aromatic rings. The van der Waals surface area contributed by atoms with Crippen LogP contribution < -0.4 is 0 Å². The Balaban J connectivity index is 1.88. The molecular weight excluding hydrogens is 192 g/mol. The Kier molecular flexibility index (Phi) is 3.18. The van der Waals surface area contributed by atoms with Crippen molar-refractivity contribution in [2.75, 3.05) is 19.6 Å². The normalized spacial score (nSPS) is 19.4. The third-order valence-corrected chi connectivity index (χ3v) is 3.86. The predicted molar refractivity (Wildman–Crippen MR) is 58.3 cm³/mol. The molecule has 0 atom stereocenters. The van der Waals surface area contributed by atoms with Gasteiger partial charge in [-0.3, -0.25) is 4.90 Å². The summed E-state index contributed by atoms with van der Waals surface area (Å²) >= 11 is 1.86. The van der Waals surface area contributed by atoms with E-state index in [2.05, 4.69) is 28.5 Å². The Morgan fingerprint density at radius 1 is 1.50 bits per heavy atom. The number of hydrogen-bond donors (Lipinski definition) is 0. The minimum absolute atomic E-state index is 0.594. The SMILES string of the molecule is N#CCN1CCC(c2cccs2)CC1. The first-order chi connectivity index (χ1) is 6.90. The fourth-order valence-corrected chi connectivity index (χ4v) is 2.90. The van der Waals surface area contributed by atoms with Gasteiger partial charge in [0.1, 0.15) is 0 Å². The second-order valence-corrected chi connectivity index (χ2v) is 4.70. The lowest BCUT2D eigenvalue weighted by molar-refractivity contribution is 0.236. The van der Waals surface area contributed by atoms with Gasteiger partial charge >= 0.3 is 0 Å². The van der Waals surface area contributed by atoms with Crippen molar-refractivity contribution in [3.63, 3.8) is 0 Å². The maximum Gasteiger partial charge on any atom is 0.0865 e. The highest BCUT2D eigenvalue weighted by Gasteiger charge is 2.20. The Bertz CT molecular complexity index is 305. The van der Waals surface area contributed by atoms with E-state index in [-0.39, 0.29) is 0 Å². The van der Waals surface area contributed by atoms with Gasteiger partial charge in [-0.05, 0) is 43.3 Å². The van der Waals surface area contributed by atoms with Gasteiger partial charge in [-0.15, -0.1) is 11.3 Å². The molecule has 0 unspecified atom stereocenters. The number of nitrogens with zero attached hydrogens (tertiary/aromatic N) is 2. The summed E-state index contributed by atoms with van der Waals surface area (Å²) in [7, 11) is 0. The molecule has 2 heterocycles. The van der Waals surface area contributed by atoms with Crippen molar-refractivity contribution in [2.24, 2.45) is 0 Å². The molecule has 14 heavy (non-hydrogen) atoms. The average Bonchev–Trinajstić information content (AvgIpc) is 2.72. The molecule has 3 heteroatoms. The third kappa shape index (κ3) is 2.14. The van der Waals surface area contributed by atoms with Gasteiger partial charge in [0.05, 0.1) is 12.6 Å². The van der Waals surface area contributed by atoms with Crippen LogP contribution in [0.25, 0.3) is 0 Å². The van der Waals surface area contributed by atoms with E-state index in [4.69, 9.17) is 5.26 Å². The van der Waals surface area contributed by atoms with Crippen LogP contribution in [0.15, 0.2) is 17.5 Å². The van der Waals surface area contributed by atoms with Crippen LogP contribution in [0.4, 0.5) is 0 Å². The molecular formula is C11H14N2S. The monoisotopic (exact) mass is 206 g/mol. The second-order valence-electron chi connectivity index (χ2n) is 3.72. The van der Waals surface area contributed by atoms with Gasteiger partial charge in [-0.2, -0.15) is 5.26 Å². The molecule has 2 rings (SSSR count). The first-order valence-corrected chi connectivity index (χ1v) is 5.91. The van der Waals surface area contributed by atoms with Gasteiger partial charge in [0.2, 0.25) is 0 Å². The average molecular weight is 206 g/mol. The summed E-state index contributed by atoms with van der Waals surface area (Å²) in [6, 6.07) is 6.57. The summed E-state index contributed by atoms with van der Waals surface area (Å²) in [5.74, 6) is 0.741. The van der Waals surface area contributed by atoms with Crippen molar-refractivity contribution >= 4 is 11.3 Å². The first kappa shape index (κ1) is 9.70. The lowest BCUT2D eigenvalue weighted by atomic mass is 9.95. The number of piperidine rings is 1. The number of hydrogen-bond acceptors (Lipinski definition) is 3. The van der Waals surface area contributed by atoms with E-state index < -0.39 is 0 Å². The molecule has 0 radical (unpaired) electrons. The molecule has 0 amide bonds. The van der Waals surface area contributed by atoms with Gasteiger partial charge in [0, 0.05) is 4.88 Å². The fourth-order valence-electron chi connectivity index (χ4n) is 2.00. The van der Waals surface area contributed by atoms with Crippen LogP contribution in [0, 0.1) is 11.3 Å². The largest absolute Gasteiger partial charge is 0.291 e. The highest BCUT2D eigenvalue weighted by Crippen LogP contribution is 2.30. The van der Waals surface area contributed by atoms with Crippen LogP contribution in [0.1, 0.15) is 23.6 Å². The van der Waals surface area contributed by atoms with Crippen LogP contribution in [-0.2, 0) is 0 Å². The van der Waals surface area contributed by atoms with Crippen molar-refractivity contribution in [3.8, 4) is 6.07 Å². The van der Waals surface area contributed by atoms with Crippen LogP contribution in [0.5, 0.6) is 0 Å². The number of rotatable bonds is 2. The summed E-state index contributed by atoms with van der Waals surface area (Å²) < 4.78 is 0. The number of nitriles is 1. The Morgan fingerprint density at radius 3 is 2.86 bits per heavy atom. The molecule has 1 fully saturated rings. The Labute approximate surface area is 88.8 Å². The van der Waals surface area contributed by atoms with Gasteiger partial charge in [-0.1, -0.05) is 6.07 Å². The first-order valence-electron chi connectivity index (χ1n) is 5.03. The number of thiophene rings is 1. The molecule has 1 aromatic heterocycles. The lowest BCUT2D eigenvalue weighted by Crippen LogP contribution is -2.32. The van der Waals surface area contributed by atoms with E-state index in [9.17, 15) is 0 Å². The van der Waals surface area contributed by atoms with Gasteiger partial charge < -0.3 is 0 Å². The molecule has 1 aliphatic rings. The topological polar surface area (TPSA) is 27.0 Å². The molecule has 2 nitrogen and oxygen atoms in total. The molecule has 74 valence electrons. The quantitative estimate of drug-likeness (QED) is 0.695. The zero-order valence-corrected chi connectivity index (χ0v) is 8.96. The van der Waals surface area contributed by atoms with Crippen LogP contribution in [-0.4, -0.2) is 24.5 Å². The van der Waals surface area contributed by atoms with E-state index in [0.717, 1.165) is 19.0 Å². The van der Waals surface area contributed by atoms with Crippen molar-refractivity contribution in [2.45, 2.75) is 18.8 Å². The summed E-state index contributed by atoms with van der Waals surface area (Å²) in [6.45, 7) is 2.75. The standard InChI is InChI=1S/C11H14N2S/c12-5-8-13-6-3-10(4-7-13)11-2-1-9-14-11/h1-2,9-10H,3-4,6-8H2. The van der Waals surface area contributed by atoms with Crippen LogP contribution in [0.2, 0.25) is 0 Å². The van der Waals surface area contributed by atoms with E-state index >= 15 is 0 Å². The maximum atomic E-state index is 8.58. The molecule has 0 saturated carbocycles. The van der Waals surface area contributed by atoms with E-state index in [0.29, 0.717) is 6.54 Å². The van der Waals surface area contributed by atoms with Crippen molar-refractivity contribution < 1.29 is 0 Å². The number of likely N-dealkylation sites (tertiary alicyclic amines) is 1. The molecule has 0 bridgehead atoms. The van der Waals surface area contributed by atoms with Gasteiger partial charge in [0.25, 0.3) is 0 Å². The van der Waals surface area contributed by atoms with Crippen molar-refractivity contribution in [1.29, 1.82) is 5.26 Å². The highest BCUT2D eigenvalue weighted by molar-refractivity contribution is 7.10. The zero-order valence-electron chi connectivity index (χ0n) is 8.15. The van der Waals surface area contributed by atoms with Crippen molar-refractivity contribution in [3.05, 3.63) is 22.4 Å². The molecule has 1 saturated heterocycles. The zero-order chi connectivity index (χ0) is 9.80. The Hall–Kier alpha value is -0.850. The molecule has 0 aromatic carbocycles. The molecule has 0 spiro atoms. The molecule has 0 aliphatic carbocycles. The minimum Gasteiger partial charge on any atom is -0.291 e. The van der Waals surface area contributed by atoms with Crippen LogP contribution >= 0.6 is 11.3 Å². The molecule has 1 aliphatic heterocycles. The van der Waals surface area contributed by atoms with E-state index in [1.807, 2.05) is 11.3 Å². The van der Waals surface area contributed by atoms with E-state index in [1.54, 1.807) is 0 Å². The van der Waals surface area contributed by atoms with Gasteiger partial charge in [0.15, 0.2) is 0 Å². The highest BCUT2D eigenvalue weighted by atomic mass is 32.1. The third-order valence-electron chi connectivity index (χ3n) is 2.83. The van der Waals surface area contributed by atoms with Gasteiger partial charge in [-0.25, -0.2) is 0 Å². The summed E-state index contributed by atoms with van der Waals surface area (Å²) in [6.07, 6.45) is 2.42. The Morgan fingerprint density at radius 2 is 2.29 bits per heavy atom. The van der Waals surface area contributed by atoms with Crippen molar-refractivity contribution in [1.82, 2.24) is 4.90 Å². The smallest absolute Gasteiger partial charge is 0.0865 e. The second kappa shape index (κ2) is 4.59. The predicted octanol–water partition coefficient (Wildman–Crippen LogP) is 2.45. The lowest BCUT2D eigenvalue weighted by Gasteiger charge is -2.29. The maximum absolute atomic E-state index is 8.58.